The van der Waals surface area contributed by atoms with Crippen LogP contribution in [0.1, 0.15) is 56.7 Å². The molecule has 182 valence electrons. The number of urea groups is 1. The number of nitrogens with zero attached hydrogens (tertiary/aromatic N) is 4. The van der Waals surface area contributed by atoms with Crippen LogP contribution in [-0.2, 0) is 10.2 Å². The van der Waals surface area contributed by atoms with Crippen LogP contribution in [0.4, 0.5) is 4.79 Å². The first kappa shape index (κ1) is 25.0. The fraction of sp³-hybridized carbons (Fsp3) is 0.625. The molecule has 2 aliphatic rings. The van der Waals surface area contributed by atoms with Gasteiger partial charge in [-0.25, -0.2) is 4.79 Å². The van der Waals surface area contributed by atoms with Gasteiger partial charge < -0.3 is 25.8 Å². The lowest BCUT2D eigenvalue weighted by Crippen LogP contribution is -2.68. The summed E-state index contributed by atoms with van der Waals surface area (Å²) in [5.41, 5.74) is 5.90. The number of likely N-dealkylation sites (tertiary alicyclic amines) is 1. The molecule has 0 bridgehead atoms. The second kappa shape index (κ2) is 9.30. The second-order valence-corrected chi connectivity index (χ2v) is 9.35. The fourth-order valence-corrected chi connectivity index (χ4v) is 5.69. The lowest BCUT2D eigenvalue weighted by atomic mass is 9.56. The maximum Gasteiger partial charge on any atom is 0.326 e. The topological polar surface area (TPSA) is 123 Å². The van der Waals surface area contributed by atoms with Crippen molar-refractivity contribution in [1.29, 1.82) is 0 Å². The van der Waals surface area contributed by atoms with E-state index < -0.39 is 11.0 Å². The minimum Gasteiger partial charge on any atom is -0.409 e. The van der Waals surface area contributed by atoms with Crippen molar-refractivity contribution in [2.45, 2.75) is 64.0 Å². The predicted molar refractivity (Wildman–Crippen MR) is 126 cm³/mol. The number of hydrogen-bond donors (Lipinski definition) is 3. The zero-order valence-electron chi connectivity index (χ0n) is 20.3. The molecule has 3 atom stereocenters. The van der Waals surface area contributed by atoms with Gasteiger partial charge in [0.2, 0.25) is 5.91 Å². The molecule has 3 rings (SSSR count). The molecule has 2 aliphatic heterocycles. The van der Waals surface area contributed by atoms with E-state index in [1.807, 2.05) is 40.0 Å². The van der Waals surface area contributed by atoms with Gasteiger partial charge in [0.25, 0.3) is 0 Å². The van der Waals surface area contributed by atoms with Crippen molar-refractivity contribution in [3.05, 3.63) is 34.9 Å². The number of nitrogens with two attached hydrogens (primary N) is 1. The van der Waals surface area contributed by atoms with Gasteiger partial charge in [-0.3, -0.25) is 9.69 Å². The third-order valence-electron chi connectivity index (χ3n) is 7.95. The van der Waals surface area contributed by atoms with E-state index in [0.717, 1.165) is 11.1 Å². The first-order valence-electron chi connectivity index (χ1n) is 11.7. The van der Waals surface area contributed by atoms with E-state index >= 15 is 0 Å². The average Bonchev–Trinajstić information content (AvgIpc) is 2.83. The van der Waals surface area contributed by atoms with Gasteiger partial charge >= 0.3 is 6.03 Å². The van der Waals surface area contributed by atoms with Crippen molar-refractivity contribution in [3.8, 4) is 0 Å². The van der Waals surface area contributed by atoms with Crippen LogP contribution in [-0.4, -0.2) is 87.7 Å². The van der Waals surface area contributed by atoms with Crippen LogP contribution in [0.2, 0.25) is 0 Å². The molecule has 9 heteroatoms. The fourth-order valence-electron chi connectivity index (χ4n) is 5.69. The van der Waals surface area contributed by atoms with E-state index in [4.69, 9.17) is 5.73 Å². The summed E-state index contributed by atoms with van der Waals surface area (Å²) in [7, 11) is 1.97. The molecule has 2 fully saturated rings. The van der Waals surface area contributed by atoms with Crippen LogP contribution in [0.3, 0.4) is 0 Å². The first-order chi connectivity index (χ1) is 15.6. The third-order valence-corrected chi connectivity index (χ3v) is 7.95. The SMILES string of the molecule is CCN1CC[C@@]2(O)C(C)N(C)CC[C@]2(c2cc(/C(N)=N\O)ccc2C)CC(=O)N(CC)C1=O. The number of amidine groups is 1. The molecule has 9 nitrogen and oxygen atoms in total. The van der Waals surface area contributed by atoms with E-state index in [-0.39, 0.29) is 36.8 Å². The van der Waals surface area contributed by atoms with Gasteiger partial charge in [-0.2, -0.15) is 0 Å². The highest BCUT2D eigenvalue weighted by Gasteiger charge is 2.60. The molecule has 33 heavy (non-hydrogen) atoms. The van der Waals surface area contributed by atoms with Crippen molar-refractivity contribution in [2.24, 2.45) is 10.9 Å². The number of likely N-dealkylation sites (N-methyl/N-ethyl adjacent to an activating group) is 1. The minimum absolute atomic E-state index is 0.000714. The molecule has 0 aliphatic carbocycles. The zero-order valence-corrected chi connectivity index (χ0v) is 20.3. The molecule has 0 saturated carbocycles. The lowest BCUT2D eigenvalue weighted by Gasteiger charge is -2.57. The smallest absolute Gasteiger partial charge is 0.326 e. The van der Waals surface area contributed by atoms with E-state index in [1.165, 1.54) is 4.90 Å². The van der Waals surface area contributed by atoms with E-state index in [2.05, 4.69) is 10.1 Å². The van der Waals surface area contributed by atoms with Crippen LogP contribution < -0.4 is 5.73 Å². The van der Waals surface area contributed by atoms with Crippen molar-refractivity contribution >= 4 is 17.8 Å². The maximum absolute atomic E-state index is 13.6. The zero-order chi connectivity index (χ0) is 24.6. The third kappa shape index (κ3) is 3.97. The Bertz CT molecular complexity index is 951. The van der Waals surface area contributed by atoms with Crippen LogP contribution in [0.5, 0.6) is 0 Å². The molecule has 0 spiro atoms. The van der Waals surface area contributed by atoms with Crippen LogP contribution >= 0.6 is 0 Å². The minimum atomic E-state index is -1.29. The first-order valence-corrected chi connectivity index (χ1v) is 11.7. The largest absolute Gasteiger partial charge is 0.409 e. The summed E-state index contributed by atoms with van der Waals surface area (Å²) in [6.45, 7) is 9.34. The standard InChI is InChI=1S/C24H37N5O4/c1-6-28-13-11-24(32)17(4)27(5)12-10-23(24,15-20(30)29(7-2)22(28)31)19-14-18(21(25)26-33)9-8-16(19)3/h8-9,14,17,32-33H,6-7,10-13,15H2,1-5H3,(H2,25,26)/t17?,23-,24-/m1/s1. The molecule has 0 radical (unpaired) electrons. The summed E-state index contributed by atoms with van der Waals surface area (Å²) >= 11 is 0. The number of hydrogen-bond acceptors (Lipinski definition) is 6. The summed E-state index contributed by atoms with van der Waals surface area (Å²) in [6.07, 6.45) is 0.865. The number of imide groups is 1. The normalized spacial score (nSPS) is 30.0. The van der Waals surface area contributed by atoms with Gasteiger partial charge in [0.1, 0.15) is 0 Å². The Morgan fingerprint density at radius 3 is 2.52 bits per heavy atom. The lowest BCUT2D eigenvalue weighted by molar-refractivity contribution is -0.150. The van der Waals surface area contributed by atoms with Gasteiger partial charge in [0, 0.05) is 43.1 Å². The van der Waals surface area contributed by atoms with Crippen LogP contribution in [0.25, 0.3) is 0 Å². The number of aryl methyl sites for hydroxylation is 1. The van der Waals surface area contributed by atoms with Gasteiger partial charge in [0.15, 0.2) is 5.84 Å². The number of oxime groups is 1. The highest BCUT2D eigenvalue weighted by atomic mass is 16.4. The highest BCUT2D eigenvalue weighted by Crippen LogP contribution is 2.51. The molecule has 1 aromatic carbocycles. The number of benzene rings is 1. The van der Waals surface area contributed by atoms with Gasteiger partial charge in [-0.1, -0.05) is 17.3 Å². The Balaban J connectivity index is 2.30. The van der Waals surface area contributed by atoms with Gasteiger partial charge in [-0.15, -0.1) is 0 Å². The molecule has 1 unspecified atom stereocenters. The molecule has 0 aromatic heterocycles. The summed E-state index contributed by atoms with van der Waals surface area (Å²) in [5.74, 6) is -0.333. The summed E-state index contributed by atoms with van der Waals surface area (Å²) < 4.78 is 0. The second-order valence-electron chi connectivity index (χ2n) is 9.35. The summed E-state index contributed by atoms with van der Waals surface area (Å²) in [4.78, 5) is 31.8. The van der Waals surface area contributed by atoms with Crippen LogP contribution in [0, 0.1) is 6.92 Å². The van der Waals surface area contributed by atoms with Crippen molar-refractivity contribution in [3.63, 3.8) is 0 Å². The van der Waals surface area contributed by atoms with Crippen LogP contribution in [0.15, 0.2) is 23.4 Å². The Kier molecular flexibility index (Phi) is 7.04. The molecule has 2 heterocycles. The highest BCUT2D eigenvalue weighted by molar-refractivity contribution is 5.98. The van der Waals surface area contributed by atoms with E-state index in [9.17, 15) is 19.9 Å². The number of carbonyl (C=O) groups is 2. The van der Waals surface area contributed by atoms with Gasteiger partial charge in [0.05, 0.1) is 5.60 Å². The van der Waals surface area contributed by atoms with E-state index in [1.54, 1.807) is 17.9 Å². The molecular weight excluding hydrogens is 422 g/mol. The Morgan fingerprint density at radius 2 is 1.91 bits per heavy atom. The molecule has 2 saturated heterocycles. The number of aliphatic hydroxyl groups is 1. The average molecular weight is 460 g/mol. The molecule has 1 aromatic rings. The monoisotopic (exact) mass is 459 g/mol. The Labute approximate surface area is 195 Å². The molecule has 3 amide bonds. The Morgan fingerprint density at radius 1 is 1.21 bits per heavy atom. The quantitative estimate of drug-likeness (QED) is 0.273. The summed E-state index contributed by atoms with van der Waals surface area (Å²) in [6, 6.07) is 4.89. The predicted octanol–water partition coefficient (Wildman–Crippen LogP) is 1.87. The summed E-state index contributed by atoms with van der Waals surface area (Å²) in [5, 5.41) is 24.9. The van der Waals surface area contributed by atoms with Gasteiger partial charge in [-0.05, 0) is 71.3 Å². The molecule has 4 N–H and O–H groups in total. The molecular formula is C24H37N5O4. The maximum atomic E-state index is 13.6. The Hall–Kier alpha value is -2.65. The van der Waals surface area contributed by atoms with E-state index in [0.29, 0.717) is 38.0 Å². The number of amides is 3. The van der Waals surface area contributed by atoms with Crippen molar-refractivity contribution in [2.75, 3.05) is 33.2 Å². The van der Waals surface area contributed by atoms with Crippen molar-refractivity contribution in [1.82, 2.24) is 14.7 Å². The number of rotatable bonds is 4. The number of carbonyl (C=O) groups excluding carboxylic acids is 2. The number of piperidine rings is 1. The van der Waals surface area contributed by atoms with Crippen molar-refractivity contribution < 1.29 is 19.9 Å². The number of fused-ring (bicyclic) bond motifs is 1.